The molecule has 3 rings (SSSR count). The van der Waals surface area contributed by atoms with Crippen LogP contribution in [0, 0.1) is 13.8 Å². The lowest BCUT2D eigenvalue weighted by Crippen LogP contribution is -2.31. The highest BCUT2D eigenvalue weighted by atomic mass is 16.5. The first-order valence-corrected chi connectivity index (χ1v) is 9.24. The number of aromatic amines is 1. The number of imidazole rings is 1. The van der Waals surface area contributed by atoms with Crippen LogP contribution in [0.5, 0.6) is 5.75 Å². The molecule has 156 valence electrons. The van der Waals surface area contributed by atoms with E-state index >= 15 is 0 Å². The van der Waals surface area contributed by atoms with Crippen LogP contribution in [0.3, 0.4) is 0 Å². The Labute approximate surface area is 166 Å². The van der Waals surface area contributed by atoms with Gasteiger partial charge in [-0.15, -0.1) is 0 Å². The van der Waals surface area contributed by atoms with E-state index in [0.717, 1.165) is 11.1 Å². The second-order valence-electron chi connectivity index (χ2n) is 6.90. The molecule has 2 aromatic heterocycles. The molecule has 10 heteroatoms. The molecule has 0 saturated carbocycles. The van der Waals surface area contributed by atoms with Crippen LogP contribution in [0.1, 0.15) is 11.1 Å². The van der Waals surface area contributed by atoms with Gasteiger partial charge in [0.25, 0.3) is 5.56 Å². The zero-order valence-electron chi connectivity index (χ0n) is 16.6. The SMILES string of the molecule is Cc1ccc(OCC(O)Cn2c(NCCO)nc3c2c(=O)[nH]c(=O)n3C)cc1C. The quantitative estimate of drug-likeness (QED) is 0.412. The van der Waals surface area contributed by atoms with Crippen molar-refractivity contribution < 1.29 is 14.9 Å². The van der Waals surface area contributed by atoms with Crippen LogP contribution >= 0.6 is 0 Å². The lowest BCUT2D eigenvalue weighted by molar-refractivity contribution is 0.0938. The van der Waals surface area contributed by atoms with Crippen LogP contribution in [-0.2, 0) is 13.6 Å². The Bertz CT molecular complexity index is 1130. The lowest BCUT2D eigenvalue weighted by atomic mass is 10.1. The summed E-state index contributed by atoms with van der Waals surface area (Å²) in [4.78, 5) is 30.8. The van der Waals surface area contributed by atoms with Crippen LogP contribution in [0.25, 0.3) is 11.2 Å². The van der Waals surface area contributed by atoms with Crippen molar-refractivity contribution in [3.8, 4) is 5.75 Å². The van der Waals surface area contributed by atoms with E-state index in [4.69, 9.17) is 9.84 Å². The van der Waals surface area contributed by atoms with Gasteiger partial charge < -0.3 is 24.8 Å². The first kappa shape index (κ1) is 20.6. The topological polar surface area (TPSA) is 134 Å². The zero-order valence-corrected chi connectivity index (χ0v) is 16.6. The summed E-state index contributed by atoms with van der Waals surface area (Å²) in [5.41, 5.74) is 1.38. The molecule has 1 atom stereocenters. The van der Waals surface area contributed by atoms with E-state index < -0.39 is 17.4 Å². The number of nitrogens with one attached hydrogen (secondary N) is 2. The maximum Gasteiger partial charge on any atom is 0.329 e. The standard InChI is InChI=1S/C19H25N5O5/c1-11-4-5-14(8-12(11)2)29-10-13(26)9-24-15-16(21-18(24)20-6-7-25)23(3)19(28)22-17(15)27/h4-5,8,13,25-26H,6-7,9-10H2,1-3H3,(H,20,21)(H,22,27,28). The molecule has 1 aromatic carbocycles. The van der Waals surface area contributed by atoms with E-state index in [9.17, 15) is 14.7 Å². The Balaban J connectivity index is 1.87. The molecule has 2 heterocycles. The van der Waals surface area contributed by atoms with Gasteiger partial charge in [-0.25, -0.2) is 4.79 Å². The van der Waals surface area contributed by atoms with Gasteiger partial charge in [0.05, 0.1) is 13.2 Å². The minimum absolute atomic E-state index is 0.00524. The third-order valence-corrected chi connectivity index (χ3v) is 4.72. The summed E-state index contributed by atoms with van der Waals surface area (Å²) >= 11 is 0. The Morgan fingerprint density at radius 2 is 2.03 bits per heavy atom. The van der Waals surface area contributed by atoms with E-state index in [2.05, 4.69) is 15.3 Å². The Kier molecular flexibility index (Phi) is 6.04. The second-order valence-corrected chi connectivity index (χ2v) is 6.90. The molecule has 4 N–H and O–H groups in total. The fourth-order valence-corrected chi connectivity index (χ4v) is 2.97. The molecule has 0 bridgehead atoms. The summed E-state index contributed by atoms with van der Waals surface area (Å²) in [5, 5.41) is 22.5. The molecular weight excluding hydrogens is 378 g/mol. The Morgan fingerprint density at radius 1 is 1.28 bits per heavy atom. The fraction of sp³-hybridized carbons (Fsp3) is 0.421. The van der Waals surface area contributed by atoms with Gasteiger partial charge >= 0.3 is 5.69 Å². The maximum absolute atomic E-state index is 12.4. The number of fused-ring (bicyclic) bond motifs is 1. The highest BCUT2D eigenvalue weighted by Crippen LogP contribution is 2.18. The molecule has 1 unspecified atom stereocenters. The Hall–Kier alpha value is -3.11. The molecule has 0 aliphatic heterocycles. The van der Waals surface area contributed by atoms with Crippen molar-refractivity contribution in [2.45, 2.75) is 26.5 Å². The number of hydrogen-bond acceptors (Lipinski definition) is 7. The van der Waals surface area contributed by atoms with E-state index in [1.54, 1.807) is 0 Å². The summed E-state index contributed by atoms with van der Waals surface area (Å²) in [6.07, 6.45) is -0.944. The fourth-order valence-electron chi connectivity index (χ4n) is 2.97. The molecule has 0 amide bonds. The number of rotatable bonds is 8. The number of hydrogen-bond donors (Lipinski definition) is 4. The van der Waals surface area contributed by atoms with E-state index in [1.807, 2.05) is 32.0 Å². The highest BCUT2D eigenvalue weighted by molar-refractivity contribution is 5.74. The van der Waals surface area contributed by atoms with Gasteiger partial charge in [0.15, 0.2) is 11.2 Å². The lowest BCUT2D eigenvalue weighted by Gasteiger charge is -2.16. The van der Waals surface area contributed by atoms with E-state index in [0.29, 0.717) is 5.75 Å². The predicted octanol–water partition coefficient (Wildman–Crippen LogP) is -0.116. The smallest absolute Gasteiger partial charge is 0.329 e. The van der Waals surface area contributed by atoms with Crippen molar-refractivity contribution in [1.29, 1.82) is 0 Å². The number of aromatic nitrogens is 4. The Morgan fingerprint density at radius 3 is 2.72 bits per heavy atom. The summed E-state index contributed by atoms with van der Waals surface area (Å²) in [7, 11) is 1.49. The average Bonchev–Trinajstić information content (AvgIpc) is 3.04. The van der Waals surface area contributed by atoms with Crippen LogP contribution in [0.15, 0.2) is 27.8 Å². The number of aliphatic hydroxyl groups excluding tert-OH is 2. The second kappa shape index (κ2) is 8.50. The summed E-state index contributed by atoms with van der Waals surface area (Å²) in [6.45, 7) is 4.05. The van der Waals surface area contributed by atoms with Crippen LogP contribution < -0.4 is 21.3 Å². The number of anilines is 1. The summed E-state index contributed by atoms with van der Waals surface area (Å²) in [6, 6.07) is 5.66. The van der Waals surface area contributed by atoms with Crippen LogP contribution in [-0.4, -0.2) is 55.2 Å². The van der Waals surface area contributed by atoms with Crippen molar-refractivity contribution >= 4 is 17.1 Å². The van der Waals surface area contributed by atoms with Crippen molar-refractivity contribution in [3.63, 3.8) is 0 Å². The van der Waals surface area contributed by atoms with Crippen LogP contribution in [0.4, 0.5) is 5.95 Å². The first-order chi connectivity index (χ1) is 13.8. The van der Waals surface area contributed by atoms with Gasteiger partial charge in [-0.1, -0.05) is 6.07 Å². The minimum atomic E-state index is -0.944. The average molecular weight is 403 g/mol. The normalized spacial score (nSPS) is 12.3. The highest BCUT2D eigenvalue weighted by Gasteiger charge is 2.19. The van der Waals surface area contributed by atoms with Crippen molar-refractivity contribution in [2.75, 3.05) is 25.1 Å². The van der Waals surface area contributed by atoms with Crippen molar-refractivity contribution in [1.82, 2.24) is 19.1 Å². The molecule has 0 saturated heterocycles. The molecule has 10 nitrogen and oxygen atoms in total. The van der Waals surface area contributed by atoms with E-state index in [1.165, 1.54) is 16.2 Å². The molecule has 0 aliphatic rings. The summed E-state index contributed by atoms with van der Waals surface area (Å²) in [5.74, 6) is 0.910. The number of H-pyrrole nitrogens is 1. The van der Waals surface area contributed by atoms with Gasteiger partial charge in [0.2, 0.25) is 5.95 Å². The molecular formula is C19H25N5O5. The molecule has 0 spiro atoms. The number of aliphatic hydroxyl groups is 2. The number of ether oxygens (including phenoxy) is 1. The maximum atomic E-state index is 12.4. The van der Waals surface area contributed by atoms with Gasteiger partial charge in [-0.05, 0) is 37.1 Å². The third kappa shape index (κ3) is 4.33. The number of nitrogens with zero attached hydrogens (tertiary/aromatic N) is 3. The monoisotopic (exact) mass is 403 g/mol. The molecule has 3 aromatic rings. The number of benzene rings is 1. The van der Waals surface area contributed by atoms with E-state index in [-0.39, 0.29) is 43.4 Å². The summed E-state index contributed by atoms with van der Waals surface area (Å²) < 4.78 is 8.37. The van der Waals surface area contributed by atoms with Crippen molar-refractivity contribution in [3.05, 3.63) is 50.2 Å². The van der Waals surface area contributed by atoms with Gasteiger partial charge in [0.1, 0.15) is 18.5 Å². The predicted molar refractivity (Wildman–Crippen MR) is 109 cm³/mol. The molecule has 0 fully saturated rings. The number of aryl methyl sites for hydroxylation is 3. The minimum Gasteiger partial charge on any atom is -0.491 e. The first-order valence-electron chi connectivity index (χ1n) is 9.24. The van der Waals surface area contributed by atoms with Gasteiger partial charge in [-0.3, -0.25) is 14.3 Å². The third-order valence-electron chi connectivity index (χ3n) is 4.72. The van der Waals surface area contributed by atoms with Gasteiger partial charge in [-0.2, -0.15) is 4.98 Å². The van der Waals surface area contributed by atoms with Crippen molar-refractivity contribution in [2.24, 2.45) is 7.05 Å². The zero-order chi connectivity index (χ0) is 21.1. The molecule has 29 heavy (non-hydrogen) atoms. The molecule has 0 aliphatic carbocycles. The largest absolute Gasteiger partial charge is 0.491 e. The van der Waals surface area contributed by atoms with Gasteiger partial charge in [0, 0.05) is 13.6 Å². The van der Waals surface area contributed by atoms with Crippen LogP contribution in [0.2, 0.25) is 0 Å². The molecule has 0 radical (unpaired) electrons.